The van der Waals surface area contributed by atoms with E-state index in [1.54, 1.807) is 0 Å². The Labute approximate surface area is 133 Å². The molecule has 1 heteroatoms. The van der Waals surface area contributed by atoms with Crippen molar-refractivity contribution in [2.45, 2.75) is 40.5 Å². The number of rotatable bonds is 2. The van der Waals surface area contributed by atoms with Crippen molar-refractivity contribution in [3.8, 4) is 11.3 Å². The summed E-state index contributed by atoms with van der Waals surface area (Å²) >= 11 is 0. The second-order valence-corrected chi connectivity index (χ2v) is 6.55. The summed E-state index contributed by atoms with van der Waals surface area (Å²) in [5.41, 5.74) is 7.65. The van der Waals surface area contributed by atoms with Crippen LogP contribution in [0, 0.1) is 20.8 Å². The molecule has 1 nitrogen and oxygen atoms in total. The quantitative estimate of drug-likeness (QED) is 0.568. The Morgan fingerprint density at radius 3 is 2.45 bits per heavy atom. The van der Waals surface area contributed by atoms with Gasteiger partial charge in [-0.25, -0.2) is 0 Å². The van der Waals surface area contributed by atoms with Crippen LogP contribution in [-0.4, -0.2) is 4.98 Å². The SMILES string of the molecule is Cc1cc(C)c(C)c(-c2cc3c(C(C)C)cccc3cn2)c1. The Hall–Kier alpha value is -2.15. The number of nitrogens with zero attached hydrogens (tertiary/aromatic N) is 1. The molecule has 0 atom stereocenters. The van der Waals surface area contributed by atoms with Gasteiger partial charge in [-0.2, -0.15) is 0 Å². The molecule has 0 saturated heterocycles. The molecule has 3 aromatic rings. The van der Waals surface area contributed by atoms with Crippen LogP contribution in [-0.2, 0) is 0 Å². The largest absolute Gasteiger partial charge is 0.256 e. The number of fused-ring (bicyclic) bond motifs is 1. The summed E-state index contributed by atoms with van der Waals surface area (Å²) in [5.74, 6) is 0.513. The lowest BCUT2D eigenvalue weighted by molar-refractivity contribution is 0.876. The second-order valence-electron chi connectivity index (χ2n) is 6.55. The highest BCUT2D eigenvalue weighted by molar-refractivity contribution is 5.89. The molecule has 0 spiro atoms. The maximum Gasteiger partial charge on any atom is 0.0711 e. The molecule has 0 saturated carbocycles. The Morgan fingerprint density at radius 1 is 0.955 bits per heavy atom. The van der Waals surface area contributed by atoms with Gasteiger partial charge in [0.25, 0.3) is 0 Å². The van der Waals surface area contributed by atoms with E-state index in [1.165, 1.54) is 38.6 Å². The predicted molar refractivity (Wildman–Crippen MR) is 95.5 cm³/mol. The van der Waals surface area contributed by atoms with Crippen molar-refractivity contribution in [3.63, 3.8) is 0 Å². The van der Waals surface area contributed by atoms with Crippen LogP contribution in [0.1, 0.15) is 42.0 Å². The number of aromatic nitrogens is 1. The molecule has 1 aromatic heterocycles. The Balaban J connectivity index is 2.27. The first-order valence-corrected chi connectivity index (χ1v) is 7.94. The van der Waals surface area contributed by atoms with Crippen LogP contribution in [0.15, 0.2) is 42.6 Å². The fourth-order valence-electron chi connectivity index (χ4n) is 3.15. The number of hydrogen-bond donors (Lipinski definition) is 0. The minimum Gasteiger partial charge on any atom is -0.256 e. The Morgan fingerprint density at radius 2 is 1.73 bits per heavy atom. The van der Waals surface area contributed by atoms with Gasteiger partial charge in [-0.3, -0.25) is 4.98 Å². The molecule has 0 bridgehead atoms. The lowest BCUT2D eigenvalue weighted by Crippen LogP contribution is -1.94. The van der Waals surface area contributed by atoms with Crippen molar-refractivity contribution in [1.82, 2.24) is 4.98 Å². The third-order valence-electron chi connectivity index (χ3n) is 4.51. The van der Waals surface area contributed by atoms with Gasteiger partial charge < -0.3 is 0 Å². The summed E-state index contributed by atoms with van der Waals surface area (Å²) in [5, 5.41) is 2.54. The van der Waals surface area contributed by atoms with E-state index in [2.05, 4.69) is 71.0 Å². The van der Waals surface area contributed by atoms with Crippen LogP contribution < -0.4 is 0 Å². The summed E-state index contributed by atoms with van der Waals surface area (Å²) < 4.78 is 0. The van der Waals surface area contributed by atoms with E-state index < -0.39 is 0 Å². The molecule has 3 rings (SSSR count). The number of pyridine rings is 1. The van der Waals surface area contributed by atoms with Crippen molar-refractivity contribution >= 4 is 10.8 Å². The molecular formula is C21H23N. The van der Waals surface area contributed by atoms with Crippen LogP contribution in [0.3, 0.4) is 0 Å². The van der Waals surface area contributed by atoms with E-state index in [-0.39, 0.29) is 0 Å². The van der Waals surface area contributed by atoms with E-state index in [0.717, 1.165) is 5.69 Å². The van der Waals surface area contributed by atoms with Crippen molar-refractivity contribution in [2.24, 2.45) is 0 Å². The predicted octanol–water partition coefficient (Wildman–Crippen LogP) is 5.95. The molecule has 0 fully saturated rings. The van der Waals surface area contributed by atoms with Gasteiger partial charge in [-0.1, -0.05) is 43.7 Å². The highest BCUT2D eigenvalue weighted by Gasteiger charge is 2.10. The zero-order chi connectivity index (χ0) is 15.9. The molecule has 0 aliphatic heterocycles. The zero-order valence-corrected chi connectivity index (χ0v) is 14.1. The number of benzene rings is 2. The van der Waals surface area contributed by atoms with Gasteiger partial charge in [0.1, 0.15) is 0 Å². The van der Waals surface area contributed by atoms with Gasteiger partial charge in [0.15, 0.2) is 0 Å². The van der Waals surface area contributed by atoms with Crippen molar-refractivity contribution in [1.29, 1.82) is 0 Å². The third kappa shape index (κ3) is 2.52. The highest BCUT2D eigenvalue weighted by Crippen LogP contribution is 2.31. The average Bonchev–Trinajstić information content (AvgIpc) is 2.49. The minimum atomic E-state index is 0.513. The van der Waals surface area contributed by atoms with Crippen LogP contribution >= 0.6 is 0 Å². The lowest BCUT2D eigenvalue weighted by Gasteiger charge is -2.13. The van der Waals surface area contributed by atoms with Gasteiger partial charge >= 0.3 is 0 Å². The molecule has 22 heavy (non-hydrogen) atoms. The van der Waals surface area contributed by atoms with Gasteiger partial charge in [0.2, 0.25) is 0 Å². The van der Waals surface area contributed by atoms with Gasteiger partial charge in [0, 0.05) is 17.1 Å². The maximum absolute atomic E-state index is 4.72. The minimum absolute atomic E-state index is 0.513. The smallest absolute Gasteiger partial charge is 0.0711 e. The molecule has 0 amide bonds. The third-order valence-corrected chi connectivity index (χ3v) is 4.51. The van der Waals surface area contributed by atoms with Crippen molar-refractivity contribution < 1.29 is 0 Å². The molecule has 112 valence electrons. The van der Waals surface area contributed by atoms with E-state index >= 15 is 0 Å². The van der Waals surface area contributed by atoms with Gasteiger partial charge in [-0.05, 0) is 60.9 Å². The first kappa shape index (κ1) is 14.8. The summed E-state index contributed by atoms with van der Waals surface area (Å²) in [6, 6.07) is 13.2. The fraction of sp³-hybridized carbons (Fsp3) is 0.286. The standard InChI is InChI=1S/C21H23N/c1-13(2)18-8-6-7-17-12-22-21(11-20(17)18)19-10-14(3)9-15(4)16(19)5/h6-13H,1-5H3. The normalized spacial score (nSPS) is 11.4. The fourth-order valence-corrected chi connectivity index (χ4v) is 3.15. The molecule has 0 unspecified atom stereocenters. The van der Waals surface area contributed by atoms with Crippen LogP contribution in [0.25, 0.3) is 22.0 Å². The first-order chi connectivity index (χ1) is 10.5. The van der Waals surface area contributed by atoms with Crippen LogP contribution in [0.5, 0.6) is 0 Å². The van der Waals surface area contributed by atoms with E-state index in [9.17, 15) is 0 Å². The average molecular weight is 289 g/mol. The van der Waals surface area contributed by atoms with Crippen LogP contribution in [0.4, 0.5) is 0 Å². The molecule has 1 heterocycles. The molecule has 0 aliphatic carbocycles. The first-order valence-electron chi connectivity index (χ1n) is 7.94. The lowest BCUT2D eigenvalue weighted by atomic mass is 9.93. The maximum atomic E-state index is 4.72. The van der Waals surface area contributed by atoms with Gasteiger partial charge in [0.05, 0.1) is 5.69 Å². The molecule has 0 radical (unpaired) electrons. The zero-order valence-electron chi connectivity index (χ0n) is 14.1. The summed E-state index contributed by atoms with van der Waals surface area (Å²) in [6.45, 7) is 11.0. The summed E-state index contributed by atoms with van der Waals surface area (Å²) in [7, 11) is 0. The molecule has 2 aromatic carbocycles. The highest BCUT2D eigenvalue weighted by atomic mass is 14.7. The monoisotopic (exact) mass is 289 g/mol. The van der Waals surface area contributed by atoms with Gasteiger partial charge in [-0.15, -0.1) is 0 Å². The Kier molecular flexibility index (Phi) is 3.74. The second kappa shape index (κ2) is 5.57. The van der Waals surface area contributed by atoms with Crippen molar-refractivity contribution in [3.05, 3.63) is 64.8 Å². The number of hydrogen-bond acceptors (Lipinski definition) is 1. The molecular weight excluding hydrogens is 266 g/mol. The molecule has 0 aliphatic rings. The summed E-state index contributed by atoms with van der Waals surface area (Å²) in [4.78, 5) is 4.72. The summed E-state index contributed by atoms with van der Waals surface area (Å²) in [6.07, 6.45) is 2.01. The molecule has 0 N–H and O–H groups in total. The van der Waals surface area contributed by atoms with Crippen molar-refractivity contribution in [2.75, 3.05) is 0 Å². The van der Waals surface area contributed by atoms with E-state index in [0.29, 0.717) is 5.92 Å². The number of aryl methyl sites for hydroxylation is 2. The Bertz CT molecular complexity index is 844. The van der Waals surface area contributed by atoms with Crippen LogP contribution in [0.2, 0.25) is 0 Å². The topological polar surface area (TPSA) is 12.9 Å². The van der Waals surface area contributed by atoms with E-state index in [4.69, 9.17) is 4.98 Å². The van der Waals surface area contributed by atoms with E-state index in [1.807, 2.05) is 6.20 Å².